The van der Waals surface area contributed by atoms with Crippen LogP contribution in [0.25, 0.3) is 10.2 Å². The Balaban J connectivity index is 1.12. The summed E-state index contributed by atoms with van der Waals surface area (Å²) in [5.74, 6) is -0.0193. The summed E-state index contributed by atoms with van der Waals surface area (Å²) in [7, 11) is 0. The minimum Gasteiger partial charge on any atom is -0.336 e. The first-order chi connectivity index (χ1) is 14.9. The van der Waals surface area contributed by atoms with Crippen LogP contribution in [0.5, 0.6) is 0 Å². The summed E-state index contributed by atoms with van der Waals surface area (Å²) >= 11 is 1.45. The topological polar surface area (TPSA) is 100 Å². The van der Waals surface area contributed by atoms with Crippen molar-refractivity contribution in [3.63, 3.8) is 0 Å². The number of amides is 3. The number of halogens is 2. The Hall–Kier alpha value is -3.21. The Morgan fingerprint density at radius 1 is 1.19 bits per heavy atom. The molecule has 0 unspecified atom stereocenters. The number of aromatic nitrogens is 3. The van der Waals surface area contributed by atoms with Gasteiger partial charge in [-0.1, -0.05) is 0 Å². The fourth-order valence-electron chi connectivity index (χ4n) is 4.33. The minimum atomic E-state index is -2.62. The molecule has 160 valence electrons. The molecule has 1 aliphatic heterocycles. The van der Waals surface area contributed by atoms with Gasteiger partial charge in [-0.05, 0) is 36.4 Å². The molecule has 2 aliphatic rings. The molecule has 11 heteroatoms. The van der Waals surface area contributed by atoms with Crippen LogP contribution in [0.1, 0.15) is 35.3 Å². The molecule has 5 rings (SSSR count). The lowest BCUT2D eigenvalue weighted by molar-refractivity contribution is -0.0584. The van der Waals surface area contributed by atoms with Crippen LogP contribution in [-0.2, 0) is 0 Å². The van der Waals surface area contributed by atoms with Gasteiger partial charge in [0.2, 0.25) is 0 Å². The molecule has 4 heterocycles. The first-order valence-electron chi connectivity index (χ1n) is 9.72. The Kier molecular flexibility index (Phi) is 4.77. The summed E-state index contributed by atoms with van der Waals surface area (Å²) in [5.41, 5.74) is 1.02. The predicted octanol–water partition coefficient (Wildman–Crippen LogP) is 3.45. The average Bonchev–Trinajstić information content (AvgIpc) is 3.17. The lowest BCUT2D eigenvalue weighted by Crippen LogP contribution is -2.67. The van der Waals surface area contributed by atoms with Gasteiger partial charge in [-0.2, -0.15) is 0 Å². The lowest BCUT2D eigenvalue weighted by Gasteiger charge is -2.58. The molecule has 1 saturated heterocycles. The number of hydrogen-bond donors (Lipinski definition) is 2. The number of urea groups is 1. The third kappa shape index (κ3) is 3.69. The van der Waals surface area contributed by atoms with E-state index in [1.54, 1.807) is 4.90 Å². The molecule has 3 aromatic rings. The summed E-state index contributed by atoms with van der Waals surface area (Å²) in [6, 6.07) is 3.71. The second kappa shape index (κ2) is 7.49. The smallest absolute Gasteiger partial charge is 0.320 e. The van der Waals surface area contributed by atoms with Crippen LogP contribution in [0.3, 0.4) is 0 Å². The maximum Gasteiger partial charge on any atom is 0.320 e. The molecule has 3 aromatic heterocycles. The molecule has 8 nitrogen and oxygen atoms in total. The second-order valence-electron chi connectivity index (χ2n) is 8.00. The average molecular weight is 444 g/mol. The maximum absolute atomic E-state index is 12.8. The van der Waals surface area contributed by atoms with Crippen molar-refractivity contribution in [2.24, 2.45) is 5.41 Å². The number of anilines is 1. The van der Waals surface area contributed by atoms with Gasteiger partial charge in [0.15, 0.2) is 0 Å². The van der Waals surface area contributed by atoms with E-state index < -0.39 is 12.5 Å². The number of carbonyl (C=O) groups excluding carboxylic acids is 2. The Bertz CT molecular complexity index is 1160. The van der Waals surface area contributed by atoms with Gasteiger partial charge in [-0.15, -0.1) is 11.3 Å². The molecule has 1 aliphatic carbocycles. The van der Waals surface area contributed by atoms with Gasteiger partial charge in [0.05, 0.1) is 10.2 Å². The summed E-state index contributed by atoms with van der Waals surface area (Å²) in [5, 5.41) is 7.21. The highest BCUT2D eigenvalue weighted by Crippen LogP contribution is 2.48. The molecule has 2 fully saturated rings. The van der Waals surface area contributed by atoms with Gasteiger partial charge >= 0.3 is 6.03 Å². The van der Waals surface area contributed by atoms with Crippen LogP contribution in [-0.4, -0.2) is 50.9 Å². The second-order valence-corrected chi connectivity index (χ2v) is 8.91. The van der Waals surface area contributed by atoms with E-state index in [9.17, 15) is 18.4 Å². The third-order valence-corrected chi connectivity index (χ3v) is 6.67. The van der Waals surface area contributed by atoms with Crippen molar-refractivity contribution in [1.29, 1.82) is 0 Å². The zero-order valence-corrected chi connectivity index (χ0v) is 17.0. The van der Waals surface area contributed by atoms with Crippen molar-refractivity contribution in [3.8, 4) is 0 Å². The highest BCUT2D eigenvalue weighted by Gasteiger charge is 2.54. The SMILES string of the molecule is O=C(Nc1cc(C(F)F)ccn1)NC1CC2(C1)CN(C(=O)c1ncnc3ccsc13)C2. The molecule has 31 heavy (non-hydrogen) atoms. The Morgan fingerprint density at radius 2 is 2.00 bits per heavy atom. The minimum absolute atomic E-state index is 0.0169. The summed E-state index contributed by atoms with van der Waals surface area (Å²) in [6.07, 6.45) is 1.53. The fraction of sp³-hybridized carbons (Fsp3) is 0.350. The third-order valence-electron chi connectivity index (χ3n) is 5.76. The molecule has 2 N–H and O–H groups in total. The quantitative estimate of drug-likeness (QED) is 0.642. The van der Waals surface area contributed by atoms with Crippen LogP contribution in [0.15, 0.2) is 36.1 Å². The molecule has 0 bridgehead atoms. The fourth-order valence-corrected chi connectivity index (χ4v) is 5.16. The van der Waals surface area contributed by atoms with Gasteiger partial charge in [-0.25, -0.2) is 28.5 Å². The van der Waals surface area contributed by atoms with E-state index >= 15 is 0 Å². The zero-order chi connectivity index (χ0) is 21.6. The normalized spacial score (nSPS) is 17.5. The van der Waals surface area contributed by atoms with E-state index in [0.29, 0.717) is 18.8 Å². The molecule has 0 atom stereocenters. The van der Waals surface area contributed by atoms with E-state index in [-0.39, 0.29) is 28.7 Å². The molecule has 0 aromatic carbocycles. The van der Waals surface area contributed by atoms with Gasteiger partial charge in [-0.3, -0.25) is 10.1 Å². The van der Waals surface area contributed by atoms with Crippen LogP contribution in [0.4, 0.5) is 19.4 Å². The Morgan fingerprint density at radius 3 is 2.77 bits per heavy atom. The van der Waals surface area contributed by atoms with Gasteiger partial charge in [0.1, 0.15) is 17.8 Å². The largest absolute Gasteiger partial charge is 0.336 e. The summed E-state index contributed by atoms with van der Waals surface area (Å²) < 4.78 is 26.3. The number of rotatable bonds is 4. The molecule has 3 amide bonds. The standard InChI is InChI=1S/C20H18F2N6O2S/c21-17(22)11-1-3-23-14(5-11)27-19(30)26-12-6-20(7-12)8-28(9-20)18(29)15-16-13(2-4-31-16)24-10-25-15/h1-5,10,12,17H,6-9H2,(H2,23,26,27,30). The van der Waals surface area contributed by atoms with Crippen molar-refractivity contribution < 1.29 is 18.4 Å². The number of alkyl halides is 2. The van der Waals surface area contributed by atoms with E-state index in [2.05, 4.69) is 25.6 Å². The van der Waals surface area contributed by atoms with Gasteiger partial charge < -0.3 is 10.2 Å². The van der Waals surface area contributed by atoms with Crippen LogP contribution in [0, 0.1) is 5.41 Å². The van der Waals surface area contributed by atoms with Crippen LogP contribution in [0.2, 0.25) is 0 Å². The van der Waals surface area contributed by atoms with E-state index in [1.165, 1.54) is 29.9 Å². The van der Waals surface area contributed by atoms with E-state index in [0.717, 1.165) is 29.1 Å². The molecular weight excluding hydrogens is 426 g/mol. The number of thiophene rings is 1. The highest BCUT2D eigenvalue weighted by atomic mass is 32.1. The maximum atomic E-state index is 12.8. The van der Waals surface area contributed by atoms with Gasteiger partial charge in [0, 0.05) is 36.3 Å². The number of nitrogens with one attached hydrogen (secondary N) is 2. The first kappa shape index (κ1) is 19.7. The van der Waals surface area contributed by atoms with Crippen LogP contribution < -0.4 is 10.6 Å². The molecule has 1 saturated carbocycles. The van der Waals surface area contributed by atoms with Gasteiger partial charge in [0.25, 0.3) is 12.3 Å². The first-order valence-corrected chi connectivity index (χ1v) is 10.6. The molecule has 0 radical (unpaired) electrons. The van der Waals surface area contributed by atoms with Crippen molar-refractivity contribution in [1.82, 2.24) is 25.2 Å². The van der Waals surface area contributed by atoms with Crippen molar-refractivity contribution in [2.45, 2.75) is 25.3 Å². The number of likely N-dealkylation sites (tertiary alicyclic amines) is 1. The summed E-state index contributed by atoms with van der Waals surface area (Å²) in [6.45, 7) is 1.25. The van der Waals surface area contributed by atoms with Crippen molar-refractivity contribution in [3.05, 3.63) is 47.4 Å². The number of nitrogens with zero attached hydrogens (tertiary/aromatic N) is 4. The molecule has 1 spiro atoms. The Labute approximate surface area is 179 Å². The number of carbonyl (C=O) groups is 2. The van der Waals surface area contributed by atoms with E-state index in [4.69, 9.17) is 0 Å². The van der Waals surface area contributed by atoms with Crippen LogP contribution >= 0.6 is 11.3 Å². The van der Waals surface area contributed by atoms with E-state index in [1.807, 2.05) is 11.4 Å². The lowest BCUT2D eigenvalue weighted by atomic mass is 9.60. The summed E-state index contributed by atoms with van der Waals surface area (Å²) in [4.78, 5) is 39.0. The number of hydrogen-bond acceptors (Lipinski definition) is 6. The number of pyridine rings is 1. The van der Waals surface area contributed by atoms with Crippen molar-refractivity contribution in [2.75, 3.05) is 18.4 Å². The monoisotopic (exact) mass is 444 g/mol. The molecular formula is C20H18F2N6O2S. The zero-order valence-electron chi connectivity index (χ0n) is 16.2. The highest BCUT2D eigenvalue weighted by molar-refractivity contribution is 7.17. The number of fused-ring (bicyclic) bond motifs is 1. The predicted molar refractivity (Wildman–Crippen MR) is 110 cm³/mol. The van der Waals surface area contributed by atoms with Crippen molar-refractivity contribution >= 4 is 39.3 Å².